The number of amides is 1. The van der Waals surface area contributed by atoms with Crippen molar-refractivity contribution in [2.24, 2.45) is 0 Å². The number of rotatable bonds is 4. The van der Waals surface area contributed by atoms with Crippen molar-refractivity contribution in [1.29, 1.82) is 0 Å². The van der Waals surface area contributed by atoms with Gasteiger partial charge in [-0.1, -0.05) is 12.1 Å². The van der Waals surface area contributed by atoms with Crippen LogP contribution in [-0.2, 0) is 11.0 Å². The molecule has 0 fully saturated rings. The molecule has 28 heavy (non-hydrogen) atoms. The monoisotopic (exact) mass is 409 g/mol. The Balaban J connectivity index is 2.00. The minimum absolute atomic E-state index is 0.0907. The average molecular weight is 410 g/mol. The van der Waals surface area contributed by atoms with Gasteiger partial charge in [0.05, 0.1) is 16.5 Å². The number of halogens is 4. The highest BCUT2D eigenvalue weighted by molar-refractivity contribution is 6.29. The summed E-state index contributed by atoms with van der Waals surface area (Å²) in [4.78, 5) is 42.4. The molecule has 3 aromatic rings. The Labute approximate surface area is 160 Å². The number of carbonyl (C=O) groups is 2. The highest BCUT2D eigenvalue weighted by Gasteiger charge is 2.31. The third kappa shape index (κ3) is 4.04. The number of carbonyl (C=O) groups excluding carboxylic acids is 2. The lowest BCUT2D eigenvalue weighted by Gasteiger charge is -2.08. The van der Waals surface area contributed by atoms with Gasteiger partial charge in [0.2, 0.25) is 11.7 Å². The highest BCUT2D eigenvalue weighted by atomic mass is 35.5. The zero-order valence-corrected chi connectivity index (χ0v) is 14.7. The number of benzene rings is 2. The normalized spacial score (nSPS) is 11.4. The summed E-state index contributed by atoms with van der Waals surface area (Å²) < 4.78 is 38.5. The van der Waals surface area contributed by atoms with E-state index < -0.39 is 34.8 Å². The summed E-state index contributed by atoms with van der Waals surface area (Å²) in [6.07, 6.45) is -4.61. The van der Waals surface area contributed by atoms with Crippen LogP contribution in [0.1, 0.15) is 21.7 Å². The van der Waals surface area contributed by atoms with E-state index in [0.717, 1.165) is 12.1 Å². The van der Waals surface area contributed by atoms with E-state index in [2.05, 4.69) is 15.3 Å². The first-order valence-electron chi connectivity index (χ1n) is 7.81. The molecule has 1 heterocycles. The molecule has 0 atom stereocenters. The standard InChI is InChI=1S/C18H11ClF3N3O3/c19-8-14(26)23-11-4-5-13-12(7-11)17(28)25-16(24-13)15(27)9-2-1-3-10(6-9)18(20,21)22/h1-7H,8H2,(H,23,26)(H,24,25,28). The maximum Gasteiger partial charge on any atom is 0.416 e. The molecule has 2 N–H and O–H groups in total. The van der Waals surface area contributed by atoms with Gasteiger partial charge in [-0.2, -0.15) is 13.2 Å². The molecule has 0 radical (unpaired) electrons. The van der Waals surface area contributed by atoms with E-state index in [0.29, 0.717) is 11.8 Å². The van der Waals surface area contributed by atoms with Gasteiger partial charge in [-0.15, -0.1) is 11.6 Å². The summed E-state index contributed by atoms with van der Waals surface area (Å²) in [5, 5.41) is 2.56. The quantitative estimate of drug-likeness (QED) is 0.510. The third-order valence-electron chi connectivity index (χ3n) is 3.78. The van der Waals surface area contributed by atoms with Gasteiger partial charge in [-0.05, 0) is 30.3 Å². The summed E-state index contributed by atoms with van der Waals surface area (Å²) in [6.45, 7) is 0. The molecule has 144 valence electrons. The smallest absolute Gasteiger partial charge is 0.325 e. The fourth-order valence-corrected chi connectivity index (χ4v) is 2.56. The first-order valence-corrected chi connectivity index (χ1v) is 8.34. The second-order valence-corrected chi connectivity index (χ2v) is 6.00. The Morgan fingerprint density at radius 2 is 1.89 bits per heavy atom. The molecule has 3 rings (SSSR count). The van der Waals surface area contributed by atoms with Crippen LogP contribution in [0.3, 0.4) is 0 Å². The Morgan fingerprint density at radius 3 is 2.57 bits per heavy atom. The largest absolute Gasteiger partial charge is 0.416 e. The number of anilines is 1. The molecule has 6 nitrogen and oxygen atoms in total. The van der Waals surface area contributed by atoms with Crippen molar-refractivity contribution >= 4 is 39.9 Å². The molecular weight excluding hydrogens is 399 g/mol. The van der Waals surface area contributed by atoms with Crippen LogP contribution in [-0.4, -0.2) is 27.5 Å². The SMILES string of the molecule is O=C(CCl)Nc1ccc2nc(C(=O)c3cccc(C(F)(F)F)c3)[nH]c(=O)c2c1. The fraction of sp³-hybridized carbons (Fsp3) is 0.111. The van der Waals surface area contributed by atoms with E-state index >= 15 is 0 Å². The first kappa shape index (κ1) is 19.6. The van der Waals surface area contributed by atoms with Crippen molar-refractivity contribution in [2.45, 2.75) is 6.18 Å². The molecule has 0 spiro atoms. The molecular formula is C18H11ClF3N3O3. The third-order valence-corrected chi connectivity index (χ3v) is 4.02. The Kier molecular flexibility index (Phi) is 5.19. The van der Waals surface area contributed by atoms with Crippen LogP contribution in [0.5, 0.6) is 0 Å². The number of alkyl halides is 4. The maximum absolute atomic E-state index is 12.8. The number of H-pyrrole nitrogens is 1. The summed E-state index contributed by atoms with van der Waals surface area (Å²) in [5.41, 5.74) is -1.47. The van der Waals surface area contributed by atoms with E-state index in [1.807, 2.05) is 0 Å². The minimum atomic E-state index is -4.61. The molecule has 10 heteroatoms. The summed E-state index contributed by atoms with van der Waals surface area (Å²) in [6, 6.07) is 8.04. The van der Waals surface area contributed by atoms with Gasteiger partial charge in [-0.3, -0.25) is 14.4 Å². The van der Waals surface area contributed by atoms with E-state index in [4.69, 9.17) is 11.6 Å². The Bertz CT molecular complexity index is 1140. The predicted octanol–water partition coefficient (Wildman–Crippen LogP) is 3.35. The van der Waals surface area contributed by atoms with E-state index in [-0.39, 0.29) is 22.3 Å². The Hall–Kier alpha value is -3.20. The minimum Gasteiger partial charge on any atom is -0.325 e. The molecule has 2 aromatic carbocycles. The van der Waals surface area contributed by atoms with Crippen LogP contribution in [0.25, 0.3) is 10.9 Å². The van der Waals surface area contributed by atoms with Gasteiger partial charge in [0.25, 0.3) is 5.56 Å². The van der Waals surface area contributed by atoms with Crippen LogP contribution in [0.2, 0.25) is 0 Å². The molecule has 1 amide bonds. The molecule has 0 saturated carbocycles. The summed E-state index contributed by atoms with van der Waals surface area (Å²) in [5.74, 6) is -1.99. The van der Waals surface area contributed by atoms with Crippen LogP contribution in [0.4, 0.5) is 18.9 Å². The molecule has 1 aromatic heterocycles. The molecule has 0 saturated heterocycles. The molecule has 0 unspecified atom stereocenters. The van der Waals surface area contributed by atoms with Gasteiger partial charge in [0, 0.05) is 11.3 Å². The van der Waals surface area contributed by atoms with Gasteiger partial charge in [0.15, 0.2) is 5.82 Å². The van der Waals surface area contributed by atoms with Crippen molar-refractivity contribution in [3.05, 3.63) is 69.8 Å². The Morgan fingerprint density at radius 1 is 1.14 bits per heavy atom. The van der Waals surface area contributed by atoms with Gasteiger partial charge >= 0.3 is 6.18 Å². The lowest BCUT2D eigenvalue weighted by Crippen LogP contribution is -2.18. The lowest BCUT2D eigenvalue weighted by atomic mass is 10.1. The predicted molar refractivity (Wildman–Crippen MR) is 96.6 cm³/mol. The van der Waals surface area contributed by atoms with Crippen LogP contribution >= 0.6 is 11.6 Å². The summed E-state index contributed by atoms with van der Waals surface area (Å²) in [7, 11) is 0. The van der Waals surface area contributed by atoms with Crippen molar-refractivity contribution < 1.29 is 22.8 Å². The topological polar surface area (TPSA) is 91.9 Å². The number of hydrogen-bond donors (Lipinski definition) is 2. The van der Waals surface area contributed by atoms with E-state index in [9.17, 15) is 27.6 Å². The second kappa shape index (κ2) is 7.43. The zero-order valence-electron chi connectivity index (χ0n) is 13.9. The number of aromatic nitrogens is 2. The second-order valence-electron chi connectivity index (χ2n) is 5.74. The van der Waals surface area contributed by atoms with Gasteiger partial charge in [0.1, 0.15) is 5.88 Å². The van der Waals surface area contributed by atoms with Crippen molar-refractivity contribution in [1.82, 2.24) is 9.97 Å². The van der Waals surface area contributed by atoms with Crippen molar-refractivity contribution in [3.63, 3.8) is 0 Å². The molecule has 0 aliphatic carbocycles. The number of fused-ring (bicyclic) bond motifs is 1. The van der Waals surface area contributed by atoms with E-state index in [1.54, 1.807) is 0 Å². The van der Waals surface area contributed by atoms with Crippen LogP contribution in [0, 0.1) is 0 Å². The van der Waals surface area contributed by atoms with Crippen molar-refractivity contribution in [2.75, 3.05) is 11.2 Å². The van der Waals surface area contributed by atoms with E-state index in [1.165, 1.54) is 24.3 Å². The number of hydrogen-bond acceptors (Lipinski definition) is 4. The number of nitrogens with zero attached hydrogens (tertiary/aromatic N) is 1. The van der Waals surface area contributed by atoms with Gasteiger partial charge < -0.3 is 10.3 Å². The van der Waals surface area contributed by atoms with Crippen LogP contribution in [0.15, 0.2) is 47.3 Å². The first-order chi connectivity index (χ1) is 13.2. The van der Waals surface area contributed by atoms with Gasteiger partial charge in [-0.25, -0.2) is 4.98 Å². The molecule has 0 aliphatic heterocycles. The fourth-order valence-electron chi connectivity index (χ4n) is 2.49. The highest BCUT2D eigenvalue weighted by Crippen LogP contribution is 2.29. The maximum atomic E-state index is 12.8. The number of ketones is 1. The summed E-state index contributed by atoms with van der Waals surface area (Å²) >= 11 is 5.40. The lowest BCUT2D eigenvalue weighted by molar-refractivity contribution is -0.137. The number of nitrogens with one attached hydrogen (secondary N) is 2. The number of aromatic amines is 1. The van der Waals surface area contributed by atoms with Crippen molar-refractivity contribution in [3.8, 4) is 0 Å². The molecule has 0 aliphatic rings. The molecule has 0 bridgehead atoms. The van der Waals surface area contributed by atoms with Crippen LogP contribution < -0.4 is 10.9 Å². The zero-order chi connectivity index (χ0) is 20.5. The average Bonchev–Trinajstić information content (AvgIpc) is 2.67.